The van der Waals surface area contributed by atoms with E-state index in [-0.39, 0.29) is 18.5 Å². The summed E-state index contributed by atoms with van der Waals surface area (Å²) in [5, 5.41) is 8.74. The molecule has 0 saturated carbocycles. The van der Waals surface area contributed by atoms with Crippen LogP contribution in [0.4, 0.5) is 0 Å². The van der Waals surface area contributed by atoms with Crippen molar-refractivity contribution in [3.05, 3.63) is 12.2 Å². The number of unbranched alkanes of at least 4 members (excludes halogenated alkanes) is 22. The van der Waals surface area contributed by atoms with Gasteiger partial charge in [-0.1, -0.05) is 148 Å². The first kappa shape index (κ1) is 37.7. The van der Waals surface area contributed by atoms with Gasteiger partial charge in [0.15, 0.2) is 0 Å². The Balaban J connectivity index is 4.12. The third kappa shape index (κ3) is 31.1. The van der Waals surface area contributed by atoms with Crippen LogP contribution in [-0.4, -0.2) is 23.1 Å². The molecule has 0 aliphatic rings. The fourth-order valence-electron chi connectivity index (χ4n) is 5.15. The smallest absolute Gasteiger partial charge is 0.306 e. The Morgan fingerprint density at radius 2 is 0.974 bits per heavy atom. The lowest BCUT2D eigenvalue weighted by molar-refractivity contribution is -0.147. The van der Waals surface area contributed by atoms with Crippen molar-refractivity contribution < 1.29 is 19.4 Å². The minimum Gasteiger partial charge on any atom is -0.481 e. The van der Waals surface area contributed by atoms with Crippen LogP contribution in [0.3, 0.4) is 0 Å². The van der Waals surface area contributed by atoms with Gasteiger partial charge < -0.3 is 9.84 Å². The molecule has 0 spiro atoms. The molecule has 4 heteroatoms. The third-order valence-electron chi connectivity index (χ3n) is 7.72. The number of esters is 1. The molecule has 0 rings (SSSR count). The quantitative estimate of drug-likeness (QED) is 0.0529. The number of carboxylic acids is 1. The van der Waals surface area contributed by atoms with Gasteiger partial charge >= 0.3 is 11.9 Å². The number of carbonyl (C=O) groups excluding carboxylic acids is 1. The molecule has 4 nitrogen and oxygen atoms in total. The number of hydrogen-bond donors (Lipinski definition) is 1. The summed E-state index contributed by atoms with van der Waals surface area (Å²) in [6.07, 6.45) is 36.6. The molecule has 0 aliphatic heterocycles. The number of ether oxygens (including phenoxy) is 1. The molecule has 0 bridgehead atoms. The number of allylic oxidation sites excluding steroid dienone is 1. The first-order chi connectivity index (χ1) is 19.1. The summed E-state index contributed by atoms with van der Waals surface area (Å²) in [6.45, 7) is 4.52. The predicted octanol–water partition coefficient (Wildman–Crippen LogP) is 11.5. The van der Waals surface area contributed by atoms with Crippen LogP contribution >= 0.6 is 0 Å². The minimum atomic E-state index is -0.698. The van der Waals surface area contributed by atoms with Crippen LogP contribution in [0.5, 0.6) is 0 Å². The zero-order chi connectivity index (χ0) is 28.7. The Bertz CT molecular complexity index is 557. The molecule has 0 radical (unpaired) electrons. The number of aliphatic carboxylic acids is 1. The topological polar surface area (TPSA) is 63.6 Å². The first-order valence-electron chi connectivity index (χ1n) is 17.2. The molecule has 39 heavy (non-hydrogen) atoms. The van der Waals surface area contributed by atoms with E-state index in [1.165, 1.54) is 103 Å². The first-order valence-corrected chi connectivity index (χ1v) is 17.2. The highest BCUT2D eigenvalue weighted by Crippen LogP contribution is 2.16. The van der Waals surface area contributed by atoms with Crippen LogP contribution in [0.1, 0.15) is 194 Å². The van der Waals surface area contributed by atoms with E-state index in [0.717, 1.165) is 64.2 Å². The summed E-state index contributed by atoms with van der Waals surface area (Å²) >= 11 is 0. The van der Waals surface area contributed by atoms with Gasteiger partial charge in [0.05, 0.1) is 0 Å². The maximum Gasteiger partial charge on any atom is 0.306 e. The molecule has 0 aromatic carbocycles. The van der Waals surface area contributed by atoms with Crippen LogP contribution in [-0.2, 0) is 14.3 Å². The van der Waals surface area contributed by atoms with Crippen molar-refractivity contribution in [3.8, 4) is 0 Å². The average Bonchev–Trinajstić information content (AvgIpc) is 2.91. The van der Waals surface area contributed by atoms with Gasteiger partial charge in [-0.25, -0.2) is 0 Å². The zero-order valence-electron chi connectivity index (χ0n) is 26.2. The Morgan fingerprint density at radius 1 is 0.564 bits per heavy atom. The minimum absolute atomic E-state index is 0.0369. The van der Waals surface area contributed by atoms with E-state index in [1.807, 2.05) is 0 Å². The molecule has 0 aromatic rings. The van der Waals surface area contributed by atoms with Gasteiger partial charge in [0.25, 0.3) is 0 Å². The monoisotopic (exact) mass is 550 g/mol. The van der Waals surface area contributed by atoms with E-state index in [0.29, 0.717) is 6.42 Å². The van der Waals surface area contributed by atoms with Crippen LogP contribution in [0.2, 0.25) is 0 Å². The fourth-order valence-corrected chi connectivity index (χ4v) is 5.15. The Kier molecular flexibility index (Phi) is 30.2. The summed E-state index contributed by atoms with van der Waals surface area (Å²) in [6, 6.07) is 0. The lowest BCUT2D eigenvalue weighted by Gasteiger charge is -2.15. The van der Waals surface area contributed by atoms with Crippen LogP contribution in [0.25, 0.3) is 0 Å². The fraction of sp³-hybridized carbons (Fsp3) is 0.886. The van der Waals surface area contributed by atoms with E-state index in [4.69, 9.17) is 9.84 Å². The van der Waals surface area contributed by atoms with Crippen molar-refractivity contribution in [1.82, 2.24) is 0 Å². The number of hydrogen-bond acceptors (Lipinski definition) is 3. The van der Waals surface area contributed by atoms with E-state index >= 15 is 0 Å². The highest BCUT2D eigenvalue weighted by Gasteiger charge is 2.11. The van der Waals surface area contributed by atoms with Crippen molar-refractivity contribution in [3.63, 3.8) is 0 Å². The molecule has 0 saturated heterocycles. The van der Waals surface area contributed by atoms with E-state index < -0.39 is 5.97 Å². The summed E-state index contributed by atoms with van der Waals surface area (Å²) in [7, 11) is 0. The Hall–Kier alpha value is -1.32. The van der Waals surface area contributed by atoms with Crippen molar-refractivity contribution in [2.75, 3.05) is 0 Å². The summed E-state index contributed by atoms with van der Waals surface area (Å²) in [5.74, 6) is -0.735. The van der Waals surface area contributed by atoms with Gasteiger partial charge in [-0.05, 0) is 44.6 Å². The summed E-state index contributed by atoms with van der Waals surface area (Å²) in [5.41, 5.74) is 0. The molecule has 230 valence electrons. The molecule has 1 unspecified atom stereocenters. The molecular weight excluding hydrogens is 484 g/mol. The Labute approximate surface area is 243 Å². The summed E-state index contributed by atoms with van der Waals surface area (Å²) < 4.78 is 5.89. The van der Waals surface area contributed by atoms with Gasteiger partial charge in [-0.15, -0.1) is 0 Å². The average molecular weight is 551 g/mol. The molecule has 0 fully saturated rings. The molecule has 0 heterocycles. The lowest BCUT2D eigenvalue weighted by atomic mass is 10.0. The SMILES string of the molecule is CCCCCCCCC/C=C\C(CCCCCCCCC(=O)O)OC(=O)CCCCCCCCCCCCC. The zero-order valence-corrected chi connectivity index (χ0v) is 26.2. The molecule has 0 aliphatic carbocycles. The molecular formula is C35H66O4. The predicted molar refractivity (Wildman–Crippen MR) is 167 cm³/mol. The highest BCUT2D eigenvalue weighted by atomic mass is 16.5. The molecule has 0 aromatic heterocycles. The largest absolute Gasteiger partial charge is 0.481 e. The number of carbonyl (C=O) groups is 2. The molecule has 1 N–H and O–H groups in total. The standard InChI is InChI=1S/C35H66O4/c1-3-5-7-9-11-13-14-16-18-24-28-32-35(38)39-33(29-25-21-17-15-12-10-8-6-4-2)30-26-22-19-20-23-27-31-34(36)37/h25,29,33H,3-24,26-28,30-32H2,1-2H3,(H,36,37)/b29-25-. The van der Waals surface area contributed by atoms with E-state index in [1.54, 1.807) is 0 Å². The van der Waals surface area contributed by atoms with Crippen molar-refractivity contribution in [1.29, 1.82) is 0 Å². The second-order valence-electron chi connectivity index (χ2n) is 11.7. The maximum atomic E-state index is 12.5. The van der Waals surface area contributed by atoms with Gasteiger partial charge in [-0.2, -0.15) is 0 Å². The summed E-state index contributed by atoms with van der Waals surface area (Å²) in [4.78, 5) is 23.2. The van der Waals surface area contributed by atoms with Gasteiger partial charge in [0.1, 0.15) is 6.10 Å². The van der Waals surface area contributed by atoms with Gasteiger partial charge in [0.2, 0.25) is 0 Å². The second kappa shape index (κ2) is 31.2. The number of rotatable bonds is 31. The van der Waals surface area contributed by atoms with Gasteiger partial charge in [0, 0.05) is 12.8 Å². The van der Waals surface area contributed by atoms with Gasteiger partial charge in [-0.3, -0.25) is 9.59 Å². The highest BCUT2D eigenvalue weighted by molar-refractivity contribution is 5.69. The van der Waals surface area contributed by atoms with Crippen molar-refractivity contribution in [2.24, 2.45) is 0 Å². The van der Waals surface area contributed by atoms with E-state index in [2.05, 4.69) is 26.0 Å². The van der Waals surface area contributed by atoms with Crippen molar-refractivity contribution in [2.45, 2.75) is 200 Å². The van der Waals surface area contributed by atoms with Crippen LogP contribution in [0.15, 0.2) is 12.2 Å². The van der Waals surface area contributed by atoms with Crippen LogP contribution < -0.4 is 0 Å². The molecule has 0 amide bonds. The van der Waals surface area contributed by atoms with E-state index in [9.17, 15) is 9.59 Å². The molecule has 1 atom stereocenters. The number of carboxylic acid groups (broad SMARTS) is 1. The lowest BCUT2D eigenvalue weighted by Crippen LogP contribution is -2.16. The third-order valence-corrected chi connectivity index (χ3v) is 7.72. The second-order valence-corrected chi connectivity index (χ2v) is 11.7. The normalized spacial score (nSPS) is 12.3. The van der Waals surface area contributed by atoms with Crippen LogP contribution in [0, 0.1) is 0 Å². The Morgan fingerprint density at radius 3 is 1.46 bits per heavy atom. The van der Waals surface area contributed by atoms with Crippen molar-refractivity contribution >= 4 is 11.9 Å². The maximum absolute atomic E-state index is 12.5.